The quantitative estimate of drug-likeness (QED) is 0.604. The second kappa shape index (κ2) is 6.11. The minimum Gasteiger partial charge on any atom is -0.366 e. The van der Waals surface area contributed by atoms with Gasteiger partial charge in [0.1, 0.15) is 5.82 Å². The highest BCUT2D eigenvalue weighted by Gasteiger charge is 2.14. The molecule has 0 radical (unpaired) electrons. The first-order valence-electron chi connectivity index (χ1n) is 8.18. The summed E-state index contributed by atoms with van der Waals surface area (Å²) in [6.45, 7) is 1.81. The lowest BCUT2D eigenvalue weighted by Crippen LogP contribution is -2.13. The average molecular weight is 345 g/mol. The van der Waals surface area contributed by atoms with E-state index in [1.54, 1.807) is 13.1 Å². The van der Waals surface area contributed by atoms with Gasteiger partial charge in [-0.15, -0.1) is 0 Å². The molecule has 0 aliphatic heterocycles. The maximum Gasteiger partial charge on any atom is 0.251 e. The molecule has 0 atom stereocenters. The number of carbonyl (C=O) groups excluding carboxylic acids is 1. The van der Waals surface area contributed by atoms with Crippen molar-refractivity contribution in [3.63, 3.8) is 0 Å². The summed E-state index contributed by atoms with van der Waals surface area (Å²) in [7, 11) is 0. The van der Waals surface area contributed by atoms with Gasteiger partial charge < -0.3 is 5.73 Å². The van der Waals surface area contributed by atoms with Gasteiger partial charge in [-0.05, 0) is 60.0 Å². The zero-order valence-corrected chi connectivity index (χ0v) is 14.1. The molecule has 0 saturated heterocycles. The van der Waals surface area contributed by atoms with E-state index < -0.39 is 11.7 Å². The van der Waals surface area contributed by atoms with Crippen molar-refractivity contribution < 1.29 is 9.18 Å². The number of fused-ring (bicyclic) bond motifs is 1. The van der Waals surface area contributed by atoms with Crippen LogP contribution in [0.25, 0.3) is 27.7 Å². The smallest absolute Gasteiger partial charge is 0.251 e. The molecule has 0 bridgehead atoms. The van der Waals surface area contributed by atoms with Crippen molar-refractivity contribution in [2.75, 3.05) is 0 Å². The van der Waals surface area contributed by atoms with Crippen LogP contribution in [0.2, 0.25) is 0 Å². The van der Waals surface area contributed by atoms with Gasteiger partial charge in [0.05, 0.1) is 23.0 Å². The van der Waals surface area contributed by atoms with Gasteiger partial charge in [-0.1, -0.05) is 24.3 Å². The van der Waals surface area contributed by atoms with Crippen molar-refractivity contribution in [1.29, 1.82) is 0 Å². The summed E-state index contributed by atoms with van der Waals surface area (Å²) in [5, 5.41) is 5.42. The zero-order valence-electron chi connectivity index (χ0n) is 14.1. The first-order valence-corrected chi connectivity index (χ1v) is 8.18. The molecule has 1 amide bonds. The van der Waals surface area contributed by atoms with Crippen molar-refractivity contribution in [3.8, 4) is 16.8 Å². The molecule has 0 saturated carbocycles. The van der Waals surface area contributed by atoms with E-state index in [1.165, 1.54) is 12.1 Å². The minimum absolute atomic E-state index is 0.106. The van der Waals surface area contributed by atoms with Gasteiger partial charge in [0, 0.05) is 5.39 Å². The number of nitrogens with two attached hydrogens (primary N) is 1. The standard InChI is InChI=1S/C21H16FN3O/c1-13-9-19(22)18(21(23)26)11-17(13)14-7-8-20-15(10-14)12-24-25(20)16-5-3-2-4-6-16/h2-12H,1H3,(H2,23,26). The van der Waals surface area contributed by atoms with E-state index >= 15 is 0 Å². The van der Waals surface area contributed by atoms with E-state index in [2.05, 4.69) is 5.10 Å². The minimum atomic E-state index is -0.776. The Bertz CT molecular complexity index is 1130. The van der Waals surface area contributed by atoms with E-state index in [1.807, 2.05) is 53.2 Å². The van der Waals surface area contributed by atoms with E-state index in [0.717, 1.165) is 33.3 Å². The van der Waals surface area contributed by atoms with Crippen LogP contribution in [-0.2, 0) is 0 Å². The number of amides is 1. The van der Waals surface area contributed by atoms with E-state index in [0.29, 0.717) is 0 Å². The lowest BCUT2D eigenvalue weighted by atomic mass is 9.96. The fourth-order valence-electron chi connectivity index (χ4n) is 3.15. The number of nitrogens with zero attached hydrogens (tertiary/aromatic N) is 2. The molecule has 4 nitrogen and oxygen atoms in total. The van der Waals surface area contributed by atoms with Crippen LogP contribution in [0.15, 0.2) is 66.9 Å². The summed E-state index contributed by atoms with van der Waals surface area (Å²) in [4.78, 5) is 11.5. The Balaban J connectivity index is 1.85. The van der Waals surface area contributed by atoms with Crippen LogP contribution in [-0.4, -0.2) is 15.7 Å². The maximum absolute atomic E-state index is 13.9. The monoisotopic (exact) mass is 345 g/mol. The Kier molecular flexibility index (Phi) is 3.77. The summed E-state index contributed by atoms with van der Waals surface area (Å²) >= 11 is 0. The molecule has 3 aromatic carbocycles. The number of carbonyl (C=O) groups is 1. The first kappa shape index (κ1) is 16.0. The zero-order chi connectivity index (χ0) is 18.3. The molecule has 4 rings (SSSR count). The Hall–Kier alpha value is -3.47. The Labute approximate surface area is 149 Å². The van der Waals surface area contributed by atoms with Crippen LogP contribution in [0, 0.1) is 12.7 Å². The van der Waals surface area contributed by atoms with Crippen molar-refractivity contribution in [1.82, 2.24) is 9.78 Å². The topological polar surface area (TPSA) is 60.9 Å². The molecule has 0 unspecified atom stereocenters. The first-order chi connectivity index (χ1) is 12.5. The predicted octanol–water partition coefficient (Wildman–Crippen LogP) is 4.24. The lowest BCUT2D eigenvalue weighted by molar-refractivity contribution is 0.0996. The molecule has 0 aliphatic rings. The van der Waals surface area contributed by atoms with Crippen LogP contribution in [0.5, 0.6) is 0 Å². The van der Waals surface area contributed by atoms with Crippen LogP contribution in [0.4, 0.5) is 4.39 Å². The molecule has 1 aromatic heterocycles. The average Bonchev–Trinajstić information content (AvgIpc) is 3.05. The van der Waals surface area contributed by atoms with Gasteiger partial charge >= 0.3 is 0 Å². The molecule has 5 heteroatoms. The molecular weight excluding hydrogens is 329 g/mol. The summed E-state index contributed by atoms with van der Waals surface area (Å²) in [6.07, 6.45) is 1.79. The van der Waals surface area contributed by atoms with Gasteiger partial charge in [0.15, 0.2) is 0 Å². The lowest BCUT2D eigenvalue weighted by Gasteiger charge is -2.10. The largest absolute Gasteiger partial charge is 0.366 e. The molecule has 1 heterocycles. The van der Waals surface area contributed by atoms with Crippen molar-refractivity contribution in [2.24, 2.45) is 5.73 Å². The summed E-state index contributed by atoms with van der Waals surface area (Å²) in [6, 6.07) is 18.6. The number of benzene rings is 3. The number of primary amides is 1. The maximum atomic E-state index is 13.9. The van der Waals surface area contributed by atoms with Crippen molar-refractivity contribution in [3.05, 3.63) is 83.8 Å². The molecule has 0 spiro atoms. The third-order valence-electron chi connectivity index (χ3n) is 4.46. The summed E-state index contributed by atoms with van der Waals surface area (Å²) < 4.78 is 15.8. The number of para-hydroxylation sites is 1. The molecule has 0 fully saturated rings. The highest BCUT2D eigenvalue weighted by Crippen LogP contribution is 2.29. The highest BCUT2D eigenvalue weighted by atomic mass is 19.1. The molecule has 128 valence electrons. The van der Waals surface area contributed by atoms with E-state index in [4.69, 9.17) is 5.73 Å². The Morgan fingerprint density at radius 2 is 1.85 bits per heavy atom. The van der Waals surface area contributed by atoms with E-state index in [9.17, 15) is 9.18 Å². The summed E-state index contributed by atoms with van der Waals surface area (Å²) in [5.41, 5.74) is 9.51. The number of hydrogen-bond donors (Lipinski definition) is 1. The second-order valence-electron chi connectivity index (χ2n) is 6.18. The van der Waals surface area contributed by atoms with Crippen molar-refractivity contribution >= 4 is 16.8 Å². The Morgan fingerprint density at radius 1 is 1.08 bits per heavy atom. The SMILES string of the molecule is Cc1cc(F)c(C(N)=O)cc1-c1ccc2c(cnn2-c2ccccc2)c1. The molecular formula is C21H16FN3O. The predicted molar refractivity (Wildman–Crippen MR) is 99.7 cm³/mol. The van der Waals surface area contributed by atoms with Crippen LogP contribution < -0.4 is 5.73 Å². The van der Waals surface area contributed by atoms with Gasteiger partial charge in [-0.2, -0.15) is 5.10 Å². The fourth-order valence-corrected chi connectivity index (χ4v) is 3.15. The van der Waals surface area contributed by atoms with Crippen LogP contribution >= 0.6 is 0 Å². The van der Waals surface area contributed by atoms with Gasteiger partial charge in [0.25, 0.3) is 5.91 Å². The molecule has 26 heavy (non-hydrogen) atoms. The number of rotatable bonds is 3. The van der Waals surface area contributed by atoms with Crippen LogP contribution in [0.3, 0.4) is 0 Å². The normalized spacial score (nSPS) is 11.0. The van der Waals surface area contributed by atoms with Gasteiger partial charge in [-0.3, -0.25) is 4.79 Å². The third-order valence-corrected chi connectivity index (χ3v) is 4.46. The third kappa shape index (κ3) is 2.63. The van der Waals surface area contributed by atoms with Crippen LogP contribution in [0.1, 0.15) is 15.9 Å². The number of aromatic nitrogens is 2. The second-order valence-corrected chi connectivity index (χ2v) is 6.18. The number of hydrogen-bond acceptors (Lipinski definition) is 2. The molecule has 2 N–H and O–H groups in total. The number of halogens is 1. The van der Waals surface area contributed by atoms with Crippen molar-refractivity contribution in [2.45, 2.75) is 6.92 Å². The molecule has 0 aliphatic carbocycles. The molecule has 4 aromatic rings. The van der Waals surface area contributed by atoms with E-state index in [-0.39, 0.29) is 5.56 Å². The number of aryl methyl sites for hydroxylation is 1. The Morgan fingerprint density at radius 3 is 2.58 bits per heavy atom. The summed E-state index contributed by atoms with van der Waals surface area (Å²) in [5.74, 6) is -1.38. The van der Waals surface area contributed by atoms with Gasteiger partial charge in [-0.25, -0.2) is 9.07 Å². The fraction of sp³-hybridized carbons (Fsp3) is 0.0476. The highest BCUT2D eigenvalue weighted by molar-refractivity contribution is 5.95. The van der Waals surface area contributed by atoms with Gasteiger partial charge in [0.2, 0.25) is 0 Å².